The van der Waals surface area contributed by atoms with Crippen molar-refractivity contribution in [1.29, 1.82) is 0 Å². The summed E-state index contributed by atoms with van der Waals surface area (Å²) < 4.78 is 1.03. The highest BCUT2D eigenvalue weighted by Gasteiger charge is 2.16. The van der Waals surface area contributed by atoms with Crippen molar-refractivity contribution in [3.63, 3.8) is 0 Å². The molecule has 0 fully saturated rings. The Morgan fingerprint density at radius 3 is 2.47 bits per heavy atom. The van der Waals surface area contributed by atoms with E-state index >= 15 is 0 Å². The number of halogens is 1. The van der Waals surface area contributed by atoms with E-state index in [1.807, 2.05) is 30.3 Å². The standard InChI is InChI=1S/C13H17BrO/c1-3-5-10(4-2)13(15)11-6-8-12(14)9-7-11/h4,6-10,13,15H,2-3,5H2,1H3. The van der Waals surface area contributed by atoms with Gasteiger partial charge < -0.3 is 5.11 Å². The van der Waals surface area contributed by atoms with Crippen LogP contribution in [0.25, 0.3) is 0 Å². The molecule has 15 heavy (non-hydrogen) atoms. The van der Waals surface area contributed by atoms with Crippen molar-refractivity contribution in [3.05, 3.63) is 47.0 Å². The Morgan fingerprint density at radius 1 is 1.40 bits per heavy atom. The zero-order chi connectivity index (χ0) is 11.3. The highest BCUT2D eigenvalue weighted by molar-refractivity contribution is 9.10. The molecule has 0 bridgehead atoms. The van der Waals surface area contributed by atoms with Crippen molar-refractivity contribution in [2.75, 3.05) is 0 Å². The summed E-state index contributed by atoms with van der Waals surface area (Å²) in [5.74, 6) is 0.149. The van der Waals surface area contributed by atoms with Gasteiger partial charge in [-0.2, -0.15) is 0 Å². The summed E-state index contributed by atoms with van der Waals surface area (Å²) >= 11 is 3.38. The smallest absolute Gasteiger partial charge is 0.0852 e. The van der Waals surface area contributed by atoms with Gasteiger partial charge in [-0.25, -0.2) is 0 Å². The van der Waals surface area contributed by atoms with Crippen molar-refractivity contribution in [2.24, 2.45) is 5.92 Å². The number of aliphatic hydroxyl groups is 1. The fourth-order valence-corrected chi connectivity index (χ4v) is 1.91. The van der Waals surface area contributed by atoms with Gasteiger partial charge in [0.1, 0.15) is 0 Å². The van der Waals surface area contributed by atoms with E-state index in [1.54, 1.807) is 0 Å². The predicted octanol–water partition coefficient (Wildman–Crippen LogP) is 4.08. The number of hydrogen-bond donors (Lipinski definition) is 1. The van der Waals surface area contributed by atoms with Crippen molar-refractivity contribution >= 4 is 15.9 Å². The van der Waals surface area contributed by atoms with E-state index in [0.29, 0.717) is 0 Å². The quantitative estimate of drug-likeness (QED) is 0.798. The number of benzene rings is 1. The average molecular weight is 269 g/mol. The lowest BCUT2D eigenvalue weighted by molar-refractivity contribution is 0.126. The van der Waals surface area contributed by atoms with Gasteiger partial charge >= 0.3 is 0 Å². The minimum Gasteiger partial charge on any atom is -0.388 e. The monoisotopic (exact) mass is 268 g/mol. The zero-order valence-corrected chi connectivity index (χ0v) is 10.6. The Kier molecular flexibility index (Phi) is 5.06. The van der Waals surface area contributed by atoms with Gasteiger partial charge in [0.05, 0.1) is 6.10 Å². The van der Waals surface area contributed by atoms with Crippen molar-refractivity contribution in [3.8, 4) is 0 Å². The first kappa shape index (κ1) is 12.5. The van der Waals surface area contributed by atoms with E-state index in [0.717, 1.165) is 22.9 Å². The van der Waals surface area contributed by atoms with Crippen LogP contribution in [-0.4, -0.2) is 5.11 Å². The van der Waals surface area contributed by atoms with Crippen LogP contribution in [0.3, 0.4) is 0 Å². The lowest BCUT2D eigenvalue weighted by Gasteiger charge is -2.19. The minimum atomic E-state index is -0.435. The normalized spacial score (nSPS) is 14.6. The second kappa shape index (κ2) is 6.09. The molecule has 1 aromatic carbocycles. The second-order valence-corrected chi connectivity index (χ2v) is 4.60. The average Bonchev–Trinajstić information content (AvgIpc) is 2.26. The minimum absolute atomic E-state index is 0.149. The molecule has 0 spiro atoms. The van der Waals surface area contributed by atoms with Crippen LogP contribution >= 0.6 is 15.9 Å². The molecule has 0 aromatic heterocycles. The predicted molar refractivity (Wildman–Crippen MR) is 67.7 cm³/mol. The summed E-state index contributed by atoms with van der Waals surface area (Å²) in [6.07, 6.45) is 3.44. The van der Waals surface area contributed by atoms with Crippen LogP contribution in [0.4, 0.5) is 0 Å². The fraction of sp³-hybridized carbons (Fsp3) is 0.385. The van der Waals surface area contributed by atoms with Crippen molar-refractivity contribution in [2.45, 2.75) is 25.9 Å². The third-order valence-electron chi connectivity index (χ3n) is 2.54. The first-order valence-corrected chi connectivity index (χ1v) is 6.04. The molecule has 0 saturated heterocycles. The van der Waals surface area contributed by atoms with E-state index in [9.17, 15) is 5.11 Å². The molecule has 1 aromatic rings. The van der Waals surface area contributed by atoms with Crippen LogP contribution < -0.4 is 0 Å². The molecular weight excluding hydrogens is 252 g/mol. The van der Waals surface area contributed by atoms with E-state index in [4.69, 9.17) is 0 Å². The maximum atomic E-state index is 10.1. The van der Waals surface area contributed by atoms with Crippen LogP contribution in [0.2, 0.25) is 0 Å². The summed E-state index contributed by atoms with van der Waals surface area (Å²) in [4.78, 5) is 0. The topological polar surface area (TPSA) is 20.2 Å². The van der Waals surface area contributed by atoms with Gasteiger partial charge in [0.2, 0.25) is 0 Å². The Balaban J connectivity index is 2.77. The number of aliphatic hydroxyl groups excluding tert-OH is 1. The molecule has 0 saturated carbocycles. The summed E-state index contributed by atoms with van der Waals surface area (Å²) in [7, 11) is 0. The summed E-state index contributed by atoms with van der Waals surface area (Å²) in [6.45, 7) is 5.89. The Morgan fingerprint density at radius 2 is 2.00 bits per heavy atom. The molecular formula is C13H17BrO. The maximum absolute atomic E-state index is 10.1. The van der Waals surface area contributed by atoms with Gasteiger partial charge in [-0.05, 0) is 24.1 Å². The largest absolute Gasteiger partial charge is 0.388 e. The van der Waals surface area contributed by atoms with Gasteiger partial charge in [0.15, 0.2) is 0 Å². The SMILES string of the molecule is C=CC(CCC)C(O)c1ccc(Br)cc1. The molecule has 2 heteroatoms. The summed E-state index contributed by atoms with van der Waals surface area (Å²) in [5.41, 5.74) is 0.955. The van der Waals surface area contributed by atoms with Gasteiger partial charge in [-0.1, -0.05) is 47.5 Å². The first-order chi connectivity index (χ1) is 7.19. The van der Waals surface area contributed by atoms with Gasteiger partial charge in [0.25, 0.3) is 0 Å². The molecule has 1 N–H and O–H groups in total. The highest BCUT2D eigenvalue weighted by Crippen LogP contribution is 2.27. The summed E-state index contributed by atoms with van der Waals surface area (Å²) in [6, 6.07) is 7.79. The van der Waals surface area contributed by atoms with Crippen LogP contribution in [0, 0.1) is 5.92 Å². The Bertz CT molecular complexity index is 305. The van der Waals surface area contributed by atoms with Crippen LogP contribution in [-0.2, 0) is 0 Å². The zero-order valence-electron chi connectivity index (χ0n) is 8.99. The maximum Gasteiger partial charge on any atom is 0.0852 e. The molecule has 82 valence electrons. The van der Waals surface area contributed by atoms with E-state index in [-0.39, 0.29) is 5.92 Å². The van der Waals surface area contributed by atoms with Gasteiger partial charge in [-0.15, -0.1) is 6.58 Å². The fourth-order valence-electron chi connectivity index (χ4n) is 1.65. The summed E-state index contributed by atoms with van der Waals surface area (Å²) in [5, 5.41) is 10.1. The molecule has 0 aliphatic carbocycles. The van der Waals surface area contributed by atoms with Crippen LogP contribution in [0.15, 0.2) is 41.4 Å². The second-order valence-electron chi connectivity index (χ2n) is 3.68. The molecule has 0 radical (unpaired) electrons. The lowest BCUT2D eigenvalue weighted by atomic mass is 9.92. The molecule has 1 nitrogen and oxygen atoms in total. The van der Waals surface area contributed by atoms with Gasteiger partial charge in [-0.3, -0.25) is 0 Å². The van der Waals surface area contributed by atoms with E-state index in [1.165, 1.54) is 0 Å². The molecule has 0 aliphatic rings. The van der Waals surface area contributed by atoms with E-state index < -0.39 is 6.10 Å². The van der Waals surface area contributed by atoms with Crippen LogP contribution in [0.1, 0.15) is 31.4 Å². The van der Waals surface area contributed by atoms with Crippen LogP contribution in [0.5, 0.6) is 0 Å². The van der Waals surface area contributed by atoms with Gasteiger partial charge in [0, 0.05) is 10.4 Å². The molecule has 1 rings (SSSR count). The molecule has 0 aliphatic heterocycles. The van der Waals surface area contributed by atoms with E-state index in [2.05, 4.69) is 29.4 Å². The number of hydrogen-bond acceptors (Lipinski definition) is 1. The first-order valence-electron chi connectivity index (χ1n) is 5.25. The van der Waals surface area contributed by atoms with Crippen molar-refractivity contribution < 1.29 is 5.11 Å². The molecule has 2 unspecified atom stereocenters. The molecule has 0 amide bonds. The third-order valence-corrected chi connectivity index (χ3v) is 3.07. The Labute approximate surface area is 100.0 Å². The third kappa shape index (κ3) is 3.47. The Hall–Kier alpha value is -0.600. The lowest BCUT2D eigenvalue weighted by Crippen LogP contribution is -2.09. The highest BCUT2D eigenvalue weighted by atomic mass is 79.9. The molecule has 2 atom stereocenters. The van der Waals surface area contributed by atoms with Crippen molar-refractivity contribution in [1.82, 2.24) is 0 Å². The molecule has 0 heterocycles. The number of rotatable bonds is 5.